The first-order valence-electron chi connectivity index (χ1n) is 9.99. The number of hydrogen-bond acceptors (Lipinski definition) is 7. The van der Waals surface area contributed by atoms with Gasteiger partial charge in [-0.05, 0) is 31.2 Å². The Morgan fingerprint density at radius 1 is 0.912 bits per heavy atom. The van der Waals surface area contributed by atoms with Crippen LogP contribution >= 0.6 is 0 Å². The third kappa shape index (κ3) is 5.82. The molecule has 2 amide bonds. The van der Waals surface area contributed by atoms with Gasteiger partial charge in [0.2, 0.25) is 21.8 Å². The van der Waals surface area contributed by atoms with E-state index in [0.29, 0.717) is 5.56 Å². The summed E-state index contributed by atoms with van der Waals surface area (Å²) < 4.78 is 26.8. The van der Waals surface area contributed by atoms with E-state index in [-0.39, 0.29) is 40.1 Å². The highest BCUT2D eigenvalue weighted by molar-refractivity contribution is 7.89. The Morgan fingerprint density at radius 3 is 2.26 bits per heavy atom. The van der Waals surface area contributed by atoms with Gasteiger partial charge in [-0.15, -0.1) is 0 Å². The number of carbonyl (C=O) groups excluding carboxylic acids is 3. The Kier molecular flexibility index (Phi) is 7.38. The van der Waals surface area contributed by atoms with E-state index in [9.17, 15) is 32.4 Å². The lowest BCUT2D eigenvalue weighted by atomic mass is 10.1. The lowest BCUT2D eigenvalue weighted by Crippen LogP contribution is -2.35. The van der Waals surface area contributed by atoms with Gasteiger partial charge in [0.05, 0.1) is 27.9 Å². The number of Topliss-reactive ketones (excluding diaryl/α,β-unsaturated/α-hetero) is 1. The van der Waals surface area contributed by atoms with Crippen molar-refractivity contribution < 1.29 is 22.8 Å². The van der Waals surface area contributed by atoms with Crippen molar-refractivity contribution in [1.29, 1.82) is 0 Å². The zero-order valence-electron chi connectivity index (χ0n) is 17.9. The average Bonchev–Trinajstić information content (AvgIpc) is 2.80. The van der Waals surface area contributed by atoms with Crippen molar-refractivity contribution in [3.8, 4) is 0 Å². The fourth-order valence-corrected chi connectivity index (χ4v) is 4.08. The molecule has 2 aromatic carbocycles. The molecule has 5 N–H and O–H groups in total. The van der Waals surface area contributed by atoms with E-state index in [1.54, 1.807) is 0 Å². The summed E-state index contributed by atoms with van der Waals surface area (Å²) in [6.45, 7) is 0.713. The minimum atomic E-state index is -3.88. The molecule has 13 heteroatoms. The summed E-state index contributed by atoms with van der Waals surface area (Å²) in [6.07, 6.45) is -0.235. The maximum Gasteiger partial charge on any atom is 0.272 e. The highest BCUT2D eigenvalue weighted by Gasteiger charge is 2.15. The van der Waals surface area contributed by atoms with Gasteiger partial charge in [-0.2, -0.15) is 0 Å². The molecule has 12 nitrogen and oxygen atoms in total. The number of aromatic amines is 2. The third-order valence-corrected chi connectivity index (χ3v) is 6.24. The van der Waals surface area contributed by atoms with Crippen LogP contribution in [0.15, 0.2) is 56.9 Å². The summed E-state index contributed by atoms with van der Waals surface area (Å²) in [5.74, 6) is -1.43. The van der Waals surface area contributed by atoms with Gasteiger partial charge in [-0.3, -0.25) is 34.2 Å². The minimum absolute atomic E-state index is 0.00308. The van der Waals surface area contributed by atoms with Gasteiger partial charge in [-0.25, -0.2) is 13.1 Å². The maximum atomic E-state index is 12.3. The van der Waals surface area contributed by atoms with Crippen molar-refractivity contribution in [2.75, 3.05) is 18.4 Å². The summed E-state index contributed by atoms with van der Waals surface area (Å²) in [4.78, 5) is 59.3. The molecular weight excluding hydrogens is 466 g/mol. The van der Waals surface area contributed by atoms with Crippen LogP contribution in [0.5, 0.6) is 0 Å². The van der Waals surface area contributed by atoms with Crippen molar-refractivity contribution >= 4 is 44.1 Å². The Hall–Kier alpha value is -4.10. The minimum Gasteiger partial charge on any atom is -0.347 e. The normalized spacial score (nSPS) is 11.2. The number of H-pyrrole nitrogens is 2. The smallest absolute Gasteiger partial charge is 0.272 e. The van der Waals surface area contributed by atoms with E-state index >= 15 is 0 Å². The number of carbonyl (C=O) groups is 3. The molecule has 0 spiro atoms. The lowest BCUT2D eigenvalue weighted by molar-refractivity contribution is -0.124. The van der Waals surface area contributed by atoms with E-state index in [1.165, 1.54) is 49.4 Å². The summed E-state index contributed by atoms with van der Waals surface area (Å²) in [6, 6.07) is 9.72. The molecule has 0 radical (unpaired) electrons. The number of fused-ring (bicyclic) bond motifs is 1. The molecule has 178 valence electrons. The van der Waals surface area contributed by atoms with Gasteiger partial charge < -0.3 is 10.6 Å². The van der Waals surface area contributed by atoms with Gasteiger partial charge in [0.25, 0.3) is 11.1 Å². The molecule has 0 saturated heterocycles. The first kappa shape index (κ1) is 24.5. The average molecular weight is 487 g/mol. The molecule has 3 rings (SSSR count). The zero-order chi connectivity index (χ0) is 24.9. The summed E-state index contributed by atoms with van der Waals surface area (Å²) in [5, 5.41) is 9.26. The molecule has 0 saturated carbocycles. The molecule has 0 aliphatic rings. The predicted molar refractivity (Wildman–Crippen MR) is 123 cm³/mol. The SMILES string of the molecule is CC(=O)c1ccc(S(=O)(=O)NCCC(=O)NCC(=O)Nc2cccc3c(=O)[nH][nH]c(=O)c23)cc1. The number of amides is 2. The van der Waals surface area contributed by atoms with Gasteiger partial charge in [0.1, 0.15) is 0 Å². The quantitative estimate of drug-likeness (QED) is 0.259. The first-order valence-corrected chi connectivity index (χ1v) is 11.5. The predicted octanol–water partition coefficient (Wildman–Crippen LogP) is -0.158. The number of aromatic nitrogens is 2. The summed E-state index contributed by atoms with van der Waals surface area (Å²) in [5.41, 5.74) is -0.654. The van der Waals surface area contributed by atoms with E-state index in [4.69, 9.17) is 0 Å². The fourth-order valence-electron chi connectivity index (χ4n) is 3.05. The van der Waals surface area contributed by atoms with E-state index in [2.05, 4.69) is 25.6 Å². The first-order chi connectivity index (χ1) is 16.1. The third-order valence-electron chi connectivity index (χ3n) is 4.76. The molecule has 0 bridgehead atoms. The van der Waals surface area contributed by atoms with Crippen LogP contribution in [-0.2, 0) is 19.6 Å². The van der Waals surface area contributed by atoms with Crippen molar-refractivity contribution in [3.63, 3.8) is 0 Å². The van der Waals surface area contributed by atoms with E-state index in [0.717, 1.165) is 0 Å². The fraction of sp³-hybridized carbons (Fsp3) is 0.190. The van der Waals surface area contributed by atoms with Gasteiger partial charge in [-0.1, -0.05) is 18.2 Å². The van der Waals surface area contributed by atoms with Crippen LogP contribution < -0.4 is 26.5 Å². The Labute approximate surface area is 192 Å². The van der Waals surface area contributed by atoms with E-state index < -0.39 is 39.5 Å². The van der Waals surface area contributed by atoms with Gasteiger partial charge >= 0.3 is 0 Å². The topological polar surface area (TPSA) is 187 Å². The number of anilines is 1. The molecule has 1 heterocycles. The number of benzene rings is 2. The second-order valence-corrected chi connectivity index (χ2v) is 8.96. The van der Waals surface area contributed by atoms with Crippen molar-refractivity contribution in [2.45, 2.75) is 18.2 Å². The second-order valence-electron chi connectivity index (χ2n) is 7.19. The van der Waals surface area contributed by atoms with Crippen molar-refractivity contribution in [3.05, 3.63) is 68.7 Å². The van der Waals surface area contributed by atoms with E-state index in [1.807, 2.05) is 0 Å². The number of ketones is 1. The monoisotopic (exact) mass is 487 g/mol. The Morgan fingerprint density at radius 2 is 1.59 bits per heavy atom. The summed E-state index contributed by atoms with van der Waals surface area (Å²) in [7, 11) is -3.88. The standard InChI is InChI=1S/C21H21N5O7S/c1-12(27)13-5-7-14(8-6-13)34(32,33)23-10-9-17(28)22-11-18(29)24-16-4-2-3-15-19(16)21(31)26-25-20(15)30/h2-8,23H,9-11H2,1H3,(H,22,28)(H,24,29)(H,25,30)(H,26,31). The van der Waals surface area contributed by atoms with Crippen LogP contribution in [0.3, 0.4) is 0 Å². The highest BCUT2D eigenvalue weighted by atomic mass is 32.2. The van der Waals surface area contributed by atoms with Crippen LogP contribution in [0.4, 0.5) is 5.69 Å². The number of sulfonamides is 1. The van der Waals surface area contributed by atoms with Crippen LogP contribution in [-0.4, -0.2) is 49.3 Å². The molecular formula is C21H21N5O7S. The van der Waals surface area contributed by atoms with Gasteiger partial charge in [0.15, 0.2) is 5.78 Å². The van der Waals surface area contributed by atoms with Crippen molar-refractivity contribution in [2.24, 2.45) is 0 Å². The van der Waals surface area contributed by atoms with Gasteiger partial charge in [0, 0.05) is 18.5 Å². The molecule has 3 aromatic rings. The molecule has 34 heavy (non-hydrogen) atoms. The van der Waals surface area contributed by atoms with Crippen LogP contribution in [0.1, 0.15) is 23.7 Å². The van der Waals surface area contributed by atoms with Crippen LogP contribution in [0, 0.1) is 0 Å². The Balaban J connectivity index is 1.51. The maximum absolute atomic E-state index is 12.3. The molecule has 0 unspecified atom stereocenters. The number of hydrogen-bond donors (Lipinski definition) is 5. The largest absolute Gasteiger partial charge is 0.347 e. The lowest BCUT2D eigenvalue weighted by Gasteiger charge is -2.10. The molecule has 0 fully saturated rings. The second kappa shape index (κ2) is 10.2. The van der Waals surface area contributed by atoms with Crippen LogP contribution in [0.2, 0.25) is 0 Å². The zero-order valence-corrected chi connectivity index (χ0v) is 18.7. The molecule has 0 aliphatic heterocycles. The molecule has 0 aliphatic carbocycles. The Bertz CT molecular complexity index is 1470. The van der Waals surface area contributed by atoms with Crippen LogP contribution in [0.25, 0.3) is 10.8 Å². The number of nitrogens with one attached hydrogen (secondary N) is 5. The molecule has 1 aromatic heterocycles. The highest BCUT2D eigenvalue weighted by Crippen LogP contribution is 2.16. The summed E-state index contributed by atoms with van der Waals surface area (Å²) >= 11 is 0. The molecule has 0 atom stereocenters. The number of rotatable bonds is 9. The van der Waals surface area contributed by atoms with Crippen molar-refractivity contribution in [1.82, 2.24) is 20.2 Å².